The molecule has 0 radical (unpaired) electrons. The Bertz CT molecular complexity index is 126. The molecule has 0 spiro atoms. The summed E-state index contributed by atoms with van der Waals surface area (Å²) in [5.41, 5.74) is 5.88. The second-order valence-corrected chi connectivity index (χ2v) is 4.16. The maximum atomic E-state index is 5.88. The highest BCUT2D eigenvalue weighted by Crippen LogP contribution is 2.37. The zero-order valence-electron chi connectivity index (χ0n) is 6.16. The van der Waals surface area contributed by atoms with Crippen LogP contribution in [0, 0.1) is 0 Å². The minimum atomic E-state index is 0.481. The van der Waals surface area contributed by atoms with E-state index in [1.165, 1.54) is 25.7 Å². The lowest BCUT2D eigenvalue weighted by molar-refractivity contribution is 0.245. The van der Waals surface area contributed by atoms with Crippen LogP contribution < -0.4 is 5.73 Å². The average Bonchev–Trinajstić information content (AvgIpc) is 2.20. The van der Waals surface area contributed by atoms with Gasteiger partial charge in [0.25, 0.3) is 0 Å². The van der Waals surface area contributed by atoms with Crippen LogP contribution in [0.5, 0.6) is 0 Å². The van der Waals surface area contributed by atoms with E-state index in [1.54, 1.807) is 0 Å². The largest absolute Gasteiger partial charge is 0.328 e. The van der Waals surface area contributed by atoms with Crippen LogP contribution in [0.15, 0.2) is 0 Å². The highest BCUT2D eigenvalue weighted by atomic mass is 31.0. The molecule has 0 saturated carbocycles. The summed E-state index contributed by atoms with van der Waals surface area (Å²) in [6.07, 6.45) is 5.14. The van der Waals surface area contributed by atoms with Gasteiger partial charge in [-0.25, -0.2) is 0 Å². The topological polar surface area (TPSA) is 29.3 Å². The van der Waals surface area contributed by atoms with Gasteiger partial charge in [0, 0.05) is 18.1 Å². The van der Waals surface area contributed by atoms with E-state index < -0.39 is 0 Å². The fraction of sp³-hybridized carbons (Fsp3) is 1.00. The third kappa shape index (κ3) is 0.990. The van der Waals surface area contributed by atoms with E-state index >= 15 is 0 Å². The SMILES string of the molecule is NC1CC2CCC(C1)N2P. The van der Waals surface area contributed by atoms with Crippen LogP contribution in [-0.2, 0) is 0 Å². The molecule has 3 atom stereocenters. The van der Waals surface area contributed by atoms with Crippen molar-refractivity contribution in [3.63, 3.8) is 0 Å². The van der Waals surface area contributed by atoms with Crippen molar-refractivity contribution in [3.05, 3.63) is 0 Å². The average molecular weight is 158 g/mol. The van der Waals surface area contributed by atoms with E-state index in [-0.39, 0.29) is 0 Å². The van der Waals surface area contributed by atoms with Crippen molar-refractivity contribution >= 4 is 9.39 Å². The van der Waals surface area contributed by atoms with Gasteiger partial charge in [-0.05, 0) is 25.7 Å². The quantitative estimate of drug-likeness (QED) is 0.526. The van der Waals surface area contributed by atoms with Crippen LogP contribution in [0.2, 0.25) is 0 Å². The van der Waals surface area contributed by atoms with E-state index in [4.69, 9.17) is 5.73 Å². The van der Waals surface area contributed by atoms with Crippen LogP contribution >= 0.6 is 9.39 Å². The Morgan fingerprint density at radius 3 is 2.20 bits per heavy atom. The maximum absolute atomic E-state index is 5.88. The minimum Gasteiger partial charge on any atom is -0.328 e. The summed E-state index contributed by atoms with van der Waals surface area (Å²) in [6, 6.07) is 2.03. The van der Waals surface area contributed by atoms with Crippen LogP contribution in [0.4, 0.5) is 0 Å². The van der Waals surface area contributed by atoms with Gasteiger partial charge >= 0.3 is 0 Å². The zero-order valence-corrected chi connectivity index (χ0v) is 7.32. The maximum Gasteiger partial charge on any atom is 0.0148 e. The molecule has 2 nitrogen and oxygen atoms in total. The third-order valence-electron chi connectivity index (χ3n) is 2.83. The molecule has 0 aliphatic carbocycles. The Morgan fingerprint density at radius 2 is 1.70 bits per heavy atom. The molecule has 0 aromatic heterocycles. The van der Waals surface area contributed by atoms with Crippen LogP contribution in [0.25, 0.3) is 0 Å². The monoisotopic (exact) mass is 158 g/mol. The smallest absolute Gasteiger partial charge is 0.0148 e. The Balaban J connectivity index is 2.09. The first-order chi connectivity index (χ1) is 4.77. The molecule has 3 heteroatoms. The molecule has 2 aliphatic rings. The Kier molecular flexibility index (Phi) is 1.71. The Labute approximate surface area is 64.4 Å². The van der Waals surface area contributed by atoms with Gasteiger partial charge in [0.15, 0.2) is 0 Å². The number of fused-ring (bicyclic) bond motifs is 2. The van der Waals surface area contributed by atoms with Crippen LogP contribution in [0.1, 0.15) is 25.7 Å². The highest BCUT2D eigenvalue weighted by molar-refractivity contribution is 7.13. The van der Waals surface area contributed by atoms with E-state index in [1.807, 2.05) is 0 Å². The molecule has 2 N–H and O–H groups in total. The second-order valence-electron chi connectivity index (χ2n) is 3.56. The molecule has 2 fully saturated rings. The Hall–Kier alpha value is 0.350. The molecule has 3 unspecified atom stereocenters. The summed E-state index contributed by atoms with van der Waals surface area (Å²) in [4.78, 5) is 0. The van der Waals surface area contributed by atoms with E-state index in [0.29, 0.717) is 6.04 Å². The number of rotatable bonds is 0. The lowest BCUT2D eigenvalue weighted by atomic mass is 10.0. The number of hydrogen-bond acceptors (Lipinski definition) is 2. The lowest BCUT2D eigenvalue weighted by Crippen LogP contribution is -2.42. The van der Waals surface area contributed by atoms with Gasteiger partial charge in [0.1, 0.15) is 0 Å². The van der Waals surface area contributed by atoms with E-state index in [0.717, 1.165) is 12.1 Å². The summed E-state index contributed by atoms with van der Waals surface area (Å²) in [7, 11) is 2.84. The Morgan fingerprint density at radius 1 is 1.20 bits per heavy atom. The molecular formula is C7H15N2P. The number of nitrogens with two attached hydrogens (primary N) is 1. The predicted octanol–water partition coefficient (Wildman–Crippen LogP) is 0.731. The summed E-state index contributed by atoms with van der Waals surface area (Å²) in [5, 5.41) is 0. The highest BCUT2D eigenvalue weighted by Gasteiger charge is 2.36. The second kappa shape index (κ2) is 2.44. The van der Waals surface area contributed by atoms with Crippen molar-refractivity contribution < 1.29 is 0 Å². The minimum absolute atomic E-state index is 0.481. The molecule has 2 bridgehead atoms. The normalized spacial score (nSPS) is 48.0. The molecule has 10 heavy (non-hydrogen) atoms. The van der Waals surface area contributed by atoms with Crippen molar-refractivity contribution in [3.8, 4) is 0 Å². The summed E-state index contributed by atoms with van der Waals surface area (Å²) in [6.45, 7) is 0. The predicted molar refractivity (Wildman–Crippen MR) is 45.6 cm³/mol. The summed E-state index contributed by atoms with van der Waals surface area (Å²) in [5.74, 6) is 0. The molecular weight excluding hydrogens is 143 g/mol. The van der Waals surface area contributed by atoms with Crippen molar-refractivity contribution in [2.75, 3.05) is 0 Å². The van der Waals surface area contributed by atoms with Gasteiger partial charge in [-0.3, -0.25) is 4.67 Å². The van der Waals surface area contributed by atoms with Gasteiger partial charge in [0.05, 0.1) is 0 Å². The zero-order chi connectivity index (χ0) is 7.14. The van der Waals surface area contributed by atoms with Crippen LogP contribution in [-0.4, -0.2) is 22.8 Å². The fourth-order valence-corrected chi connectivity index (χ4v) is 2.80. The summed E-state index contributed by atoms with van der Waals surface area (Å²) >= 11 is 0. The standard InChI is InChI=1S/C7H15N2P/c8-5-3-6-1-2-7(4-5)9(6)10/h5-7H,1-4,8,10H2. The number of nitrogens with zero attached hydrogens (tertiary/aromatic N) is 1. The van der Waals surface area contributed by atoms with E-state index in [9.17, 15) is 0 Å². The van der Waals surface area contributed by atoms with Crippen LogP contribution in [0.3, 0.4) is 0 Å². The van der Waals surface area contributed by atoms with Crippen molar-refractivity contribution in [2.45, 2.75) is 43.8 Å². The van der Waals surface area contributed by atoms with Gasteiger partial charge in [0.2, 0.25) is 0 Å². The van der Waals surface area contributed by atoms with Gasteiger partial charge in [-0.1, -0.05) is 9.39 Å². The number of hydrogen-bond donors (Lipinski definition) is 1. The third-order valence-corrected chi connectivity index (χ3v) is 3.67. The first-order valence-electron chi connectivity index (χ1n) is 4.06. The van der Waals surface area contributed by atoms with Crippen molar-refractivity contribution in [1.82, 2.24) is 4.67 Å². The van der Waals surface area contributed by atoms with Crippen molar-refractivity contribution in [2.24, 2.45) is 5.73 Å². The van der Waals surface area contributed by atoms with Crippen molar-refractivity contribution in [1.29, 1.82) is 0 Å². The molecule has 2 rings (SSSR count). The molecule has 0 aromatic carbocycles. The summed E-state index contributed by atoms with van der Waals surface area (Å²) < 4.78 is 2.43. The van der Waals surface area contributed by atoms with Gasteiger partial charge in [-0.15, -0.1) is 0 Å². The molecule has 2 aliphatic heterocycles. The van der Waals surface area contributed by atoms with E-state index in [2.05, 4.69) is 14.1 Å². The molecule has 2 saturated heterocycles. The lowest BCUT2D eigenvalue weighted by Gasteiger charge is -2.34. The fourth-order valence-electron chi connectivity index (χ4n) is 2.26. The molecule has 0 amide bonds. The molecule has 2 heterocycles. The van der Waals surface area contributed by atoms with Gasteiger partial charge < -0.3 is 5.73 Å². The first kappa shape index (κ1) is 7.02. The number of piperidine rings is 1. The van der Waals surface area contributed by atoms with Gasteiger partial charge in [-0.2, -0.15) is 0 Å². The first-order valence-corrected chi connectivity index (χ1v) is 4.57. The molecule has 58 valence electrons. The molecule has 0 aromatic rings.